The van der Waals surface area contributed by atoms with Crippen LogP contribution in [-0.4, -0.2) is 40.0 Å². The highest BCUT2D eigenvalue weighted by Gasteiger charge is 2.25. The Morgan fingerprint density at radius 1 is 1.30 bits per heavy atom. The molecule has 0 aliphatic carbocycles. The van der Waals surface area contributed by atoms with Crippen LogP contribution in [0.2, 0.25) is 0 Å². The van der Waals surface area contributed by atoms with Crippen molar-refractivity contribution in [2.45, 2.75) is 19.2 Å². The molecule has 1 aromatic carbocycles. The average Bonchev–Trinajstić information content (AvgIpc) is 3.23. The number of halogens is 1. The number of aromatic amines is 1. The summed E-state index contributed by atoms with van der Waals surface area (Å²) in [5.74, 6) is -0.905. The molecule has 0 amide bonds. The van der Waals surface area contributed by atoms with Gasteiger partial charge in [0.1, 0.15) is 5.56 Å². The van der Waals surface area contributed by atoms with E-state index in [0.29, 0.717) is 16.7 Å². The predicted octanol–water partition coefficient (Wildman–Crippen LogP) is 1.92. The summed E-state index contributed by atoms with van der Waals surface area (Å²) < 4.78 is 27.4. The highest BCUT2D eigenvalue weighted by molar-refractivity contribution is 9.10. The van der Waals surface area contributed by atoms with Gasteiger partial charge in [-0.15, -0.1) is 0 Å². The molecule has 2 aromatic heterocycles. The molecule has 10 heteroatoms. The number of H-pyrrole nitrogens is 1. The number of nitrogens with one attached hydrogen (secondary N) is 1. The Kier molecular flexibility index (Phi) is 5.20. The largest absolute Gasteiger partial charge is 0.302 e. The van der Waals surface area contributed by atoms with Crippen LogP contribution in [0.4, 0.5) is 0 Å². The van der Waals surface area contributed by atoms with Gasteiger partial charge in [0.2, 0.25) is 5.78 Å². The van der Waals surface area contributed by atoms with Crippen molar-refractivity contribution in [3.8, 4) is 5.69 Å². The normalized spacial score (nSPS) is 11.7. The van der Waals surface area contributed by atoms with Gasteiger partial charge in [-0.25, -0.2) is 13.1 Å². The molecule has 1 N–H and O–H groups in total. The first-order valence-corrected chi connectivity index (χ1v) is 10.9. The van der Waals surface area contributed by atoms with Crippen LogP contribution >= 0.6 is 15.9 Å². The van der Waals surface area contributed by atoms with E-state index in [1.807, 2.05) is 0 Å². The van der Waals surface area contributed by atoms with Gasteiger partial charge in [-0.05, 0) is 41.1 Å². The van der Waals surface area contributed by atoms with Gasteiger partial charge in [0.25, 0.3) is 5.56 Å². The van der Waals surface area contributed by atoms with Crippen molar-refractivity contribution in [2.75, 3.05) is 6.26 Å². The van der Waals surface area contributed by atoms with Crippen LogP contribution in [0.1, 0.15) is 28.4 Å². The number of benzene rings is 1. The number of rotatable bonds is 6. The minimum atomic E-state index is -3.46. The number of hydrogen-bond acceptors (Lipinski definition) is 5. The second kappa shape index (κ2) is 7.28. The van der Waals surface area contributed by atoms with E-state index in [9.17, 15) is 18.0 Å². The van der Waals surface area contributed by atoms with E-state index >= 15 is 0 Å². The van der Waals surface area contributed by atoms with Crippen molar-refractivity contribution in [1.82, 2.24) is 19.6 Å². The molecule has 0 unspecified atom stereocenters. The lowest BCUT2D eigenvalue weighted by molar-refractivity contribution is 0.103. The molecule has 0 spiro atoms. The van der Waals surface area contributed by atoms with Crippen LogP contribution < -0.4 is 5.56 Å². The Bertz CT molecular complexity index is 1160. The molecule has 0 aliphatic heterocycles. The molecule has 0 fully saturated rings. The number of carbonyl (C=O) groups is 1. The lowest BCUT2D eigenvalue weighted by Gasteiger charge is -2.15. The van der Waals surface area contributed by atoms with E-state index in [1.165, 1.54) is 21.6 Å². The predicted molar refractivity (Wildman–Crippen MR) is 104 cm³/mol. The fourth-order valence-corrected chi connectivity index (χ4v) is 4.20. The zero-order chi connectivity index (χ0) is 19.8. The maximum atomic E-state index is 13.1. The average molecular weight is 453 g/mol. The van der Waals surface area contributed by atoms with Crippen molar-refractivity contribution in [3.63, 3.8) is 0 Å². The lowest BCUT2D eigenvalue weighted by Crippen LogP contribution is -2.22. The first-order valence-electron chi connectivity index (χ1n) is 8.05. The molecule has 27 heavy (non-hydrogen) atoms. The number of aromatic nitrogens is 4. The number of aryl methyl sites for hydroxylation is 1. The fourth-order valence-electron chi connectivity index (χ4n) is 2.83. The molecule has 0 saturated carbocycles. The molecule has 0 saturated heterocycles. The molecule has 0 radical (unpaired) electrons. The molecule has 0 bridgehead atoms. The Morgan fingerprint density at radius 2 is 2.04 bits per heavy atom. The third-order valence-corrected chi connectivity index (χ3v) is 5.47. The Hall–Kier alpha value is -2.46. The first kappa shape index (κ1) is 19.3. The molecular formula is C17H17BrN4O4S. The molecule has 2 heterocycles. The van der Waals surface area contributed by atoms with Crippen LogP contribution in [0.15, 0.2) is 46.1 Å². The summed E-state index contributed by atoms with van der Waals surface area (Å²) in [7, 11) is -3.46. The summed E-state index contributed by atoms with van der Waals surface area (Å²) in [5.41, 5.74) is 0.386. The quantitative estimate of drug-likeness (QED) is 0.574. The SMILES string of the molecule is CCn1[nH]cc(C(=O)c2ccc(Br)c(-n3cccn3)c2CS(C)(=O)=O)c1=O. The summed E-state index contributed by atoms with van der Waals surface area (Å²) >= 11 is 3.41. The number of ketones is 1. The Morgan fingerprint density at radius 3 is 2.59 bits per heavy atom. The molecule has 3 aromatic rings. The maximum Gasteiger partial charge on any atom is 0.277 e. The van der Waals surface area contributed by atoms with Crippen molar-refractivity contribution < 1.29 is 13.2 Å². The molecule has 8 nitrogen and oxygen atoms in total. The minimum Gasteiger partial charge on any atom is -0.302 e. The van der Waals surface area contributed by atoms with Crippen LogP contribution in [0.3, 0.4) is 0 Å². The topological polar surface area (TPSA) is 107 Å². The van der Waals surface area contributed by atoms with Gasteiger partial charge in [-0.1, -0.05) is 0 Å². The minimum absolute atomic E-state index is 0.0414. The van der Waals surface area contributed by atoms with Gasteiger partial charge < -0.3 is 5.10 Å². The highest BCUT2D eigenvalue weighted by atomic mass is 79.9. The van der Waals surface area contributed by atoms with Crippen LogP contribution in [0, 0.1) is 0 Å². The standard InChI is InChI=1S/C17H17BrN4O4S/c1-3-21-17(24)12(9-20-21)16(23)11-5-6-14(18)15(22-8-4-7-19-22)13(11)10-27(2,25)26/h4-9,20H,3,10H2,1-2H3. The number of hydrogen-bond donors (Lipinski definition) is 1. The summed E-state index contributed by atoms with van der Waals surface area (Å²) in [4.78, 5) is 25.4. The zero-order valence-electron chi connectivity index (χ0n) is 14.6. The highest BCUT2D eigenvalue weighted by Crippen LogP contribution is 2.30. The molecule has 0 aliphatic rings. The van der Waals surface area contributed by atoms with Crippen LogP contribution in [-0.2, 0) is 22.1 Å². The molecule has 0 atom stereocenters. The van der Waals surface area contributed by atoms with E-state index < -0.39 is 21.2 Å². The van der Waals surface area contributed by atoms with E-state index in [1.54, 1.807) is 31.5 Å². The van der Waals surface area contributed by atoms with E-state index in [4.69, 9.17) is 0 Å². The van der Waals surface area contributed by atoms with E-state index in [2.05, 4.69) is 26.1 Å². The summed E-state index contributed by atoms with van der Waals surface area (Å²) in [6.45, 7) is 2.16. The van der Waals surface area contributed by atoms with Gasteiger partial charge >= 0.3 is 0 Å². The third kappa shape index (κ3) is 3.81. The molecule has 142 valence electrons. The van der Waals surface area contributed by atoms with Gasteiger partial charge in [0.05, 0.1) is 11.4 Å². The second-order valence-electron chi connectivity index (χ2n) is 6.01. The van der Waals surface area contributed by atoms with Gasteiger partial charge in [0, 0.05) is 47.0 Å². The third-order valence-electron chi connectivity index (χ3n) is 4.02. The summed E-state index contributed by atoms with van der Waals surface area (Å²) in [5, 5.41) is 6.89. The Labute approximate surface area is 163 Å². The molecular weight excluding hydrogens is 436 g/mol. The van der Waals surface area contributed by atoms with Crippen molar-refractivity contribution >= 4 is 31.6 Å². The lowest BCUT2D eigenvalue weighted by atomic mass is 9.99. The number of carbonyl (C=O) groups excluding carboxylic acids is 1. The van der Waals surface area contributed by atoms with Gasteiger partial charge in [-0.2, -0.15) is 5.10 Å². The zero-order valence-corrected chi connectivity index (χ0v) is 17.0. The summed E-state index contributed by atoms with van der Waals surface area (Å²) in [6, 6.07) is 4.85. The number of sulfone groups is 1. The van der Waals surface area contributed by atoms with Gasteiger partial charge in [0.15, 0.2) is 9.84 Å². The number of nitrogens with zero attached hydrogens (tertiary/aromatic N) is 3. The Balaban J connectivity index is 2.26. The molecule has 3 rings (SSSR count). The van der Waals surface area contributed by atoms with Gasteiger partial charge in [-0.3, -0.25) is 14.3 Å². The monoisotopic (exact) mass is 452 g/mol. The van der Waals surface area contributed by atoms with Crippen LogP contribution in [0.25, 0.3) is 5.69 Å². The van der Waals surface area contributed by atoms with Crippen molar-refractivity contribution in [1.29, 1.82) is 0 Å². The maximum absolute atomic E-state index is 13.1. The van der Waals surface area contributed by atoms with Crippen molar-refractivity contribution in [3.05, 3.63) is 68.3 Å². The first-order chi connectivity index (χ1) is 12.7. The smallest absolute Gasteiger partial charge is 0.277 e. The van der Waals surface area contributed by atoms with Crippen molar-refractivity contribution in [2.24, 2.45) is 0 Å². The second-order valence-corrected chi connectivity index (χ2v) is 9.00. The van der Waals surface area contributed by atoms with E-state index in [0.717, 1.165) is 6.26 Å². The fraction of sp³-hybridized carbons (Fsp3) is 0.235. The summed E-state index contributed by atoms with van der Waals surface area (Å²) in [6.07, 6.45) is 5.64. The van der Waals surface area contributed by atoms with Crippen LogP contribution in [0.5, 0.6) is 0 Å². The van der Waals surface area contributed by atoms with E-state index in [-0.39, 0.29) is 22.4 Å².